The van der Waals surface area contributed by atoms with E-state index in [9.17, 15) is 0 Å². The summed E-state index contributed by atoms with van der Waals surface area (Å²) in [5.74, 6) is 0. The van der Waals surface area contributed by atoms with Crippen molar-refractivity contribution in [3.8, 4) is 28.1 Å². The molecule has 0 aliphatic carbocycles. The van der Waals surface area contributed by atoms with Crippen LogP contribution in [0, 0.1) is 0 Å². The minimum absolute atomic E-state index is 0.615. The molecule has 0 unspecified atom stereocenters. The van der Waals surface area contributed by atoms with Gasteiger partial charge in [0, 0.05) is 63.8 Å². The molecule has 2 aliphatic rings. The van der Waals surface area contributed by atoms with Crippen LogP contribution in [-0.4, -0.2) is 27.3 Å². The van der Waals surface area contributed by atoms with Gasteiger partial charge in [0.2, 0.25) is 0 Å². The van der Waals surface area contributed by atoms with Gasteiger partial charge in [-0.05, 0) is 65.4 Å². The van der Waals surface area contributed by atoms with Gasteiger partial charge in [0.25, 0.3) is 0 Å². The van der Waals surface area contributed by atoms with Gasteiger partial charge in [-0.25, -0.2) is 0 Å². The van der Waals surface area contributed by atoms with Gasteiger partial charge in [0.15, 0.2) is 0 Å². The van der Waals surface area contributed by atoms with Crippen LogP contribution < -0.4 is 4.90 Å². The lowest BCUT2D eigenvalue weighted by Gasteiger charge is -2.27. The van der Waals surface area contributed by atoms with Gasteiger partial charge < -0.3 is 9.47 Å². The van der Waals surface area contributed by atoms with Gasteiger partial charge in [-0.1, -0.05) is 60.7 Å². The van der Waals surface area contributed by atoms with Crippen molar-refractivity contribution in [2.45, 2.75) is 0 Å². The standard InChI is InChI=1S/C38H25N5/c1-2-8-28(9-3-1)43-34-12-5-4-10-30(34)37-31-22-39-19-17-35(31)42(36-24-40-23-32(36)38(37)43)29-16-15-25-20-27(14-13-26(25)21-29)33-11-6-7-18-41-33/h1-22,24H,23H2. The quantitative estimate of drug-likeness (QED) is 0.220. The van der Waals surface area contributed by atoms with E-state index in [4.69, 9.17) is 4.99 Å². The summed E-state index contributed by atoms with van der Waals surface area (Å²) in [6, 6.07) is 40.7. The summed E-state index contributed by atoms with van der Waals surface area (Å²) < 4.78 is 2.40. The van der Waals surface area contributed by atoms with E-state index in [1.54, 1.807) is 0 Å². The van der Waals surface area contributed by atoms with Crippen LogP contribution in [0.1, 0.15) is 5.69 Å². The number of allylic oxidation sites excluding steroid dienone is 1. The van der Waals surface area contributed by atoms with Gasteiger partial charge in [0.1, 0.15) is 0 Å². The lowest BCUT2D eigenvalue weighted by atomic mass is 9.99. The Labute approximate surface area is 248 Å². The summed E-state index contributed by atoms with van der Waals surface area (Å²) in [7, 11) is 0. The molecule has 4 aromatic carbocycles. The Morgan fingerprint density at radius 2 is 1.51 bits per heavy atom. The second-order valence-corrected chi connectivity index (χ2v) is 10.9. The topological polar surface area (TPSA) is 46.3 Å². The molecular weight excluding hydrogens is 526 g/mol. The average molecular weight is 552 g/mol. The zero-order valence-corrected chi connectivity index (χ0v) is 23.2. The number of aromatic nitrogens is 3. The summed E-state index contributed by atoms with van der Waals surface area (Å²) in [5.41, 5.74) is 12.4. The zero-order chi connectivity index (χ0) is 28.3. The minimum Gasteiger partial charge on any atom is -0.309 e. The number of para-hydroxylation sites is 2. The largest absolute Gasteiger partial charge is 0.309 e. The Morgan fingerprint density at radius 3 is 2.42 bits per heavy atom. The molecule has 43 heavy (non-hydrogen) atoms. The Morgan fingerprint density at radius 1 is 0.674 bits per heavy atom. The van der Waals surface area contributed by atoms with Crippen molar-refractivity contribution in [3.05, 3.63) is 145 Å². The van der Waals surface area contributed by atoms with E-state index in [0.29, 0.717) is 6.54 Å². The molecule has 0 fully saturated rings. The predicted molar refractivity (Wildman–Crippen MR) is 176 cm³/mol. The number of nitrogens with zero attached hydrogens (tertiary/aromatic N) is 5. The van der Waals surface area contributed by atoms with Crippen LogP contribution in [0.4, 0.5) is 11.4 Å². The predicted octanol–water partition coefficient (Wildman–Crippen LogP) is 8.85. The molecule has 202 valence electrons. The second-order valence-electron chi connectivity index (χ2n) is 10.9. The van der Waals surface area contributed by atoms with Gasteiger partial charge in [-0.2, -0.15) is 0 Å². The van der Waals surface area contributed by atoms with Crippen LogP contribution in [0.2, 0.25) is 0 Å². The van der Waals surface area contributed by atoms with Crippen LogP contribution in [0.15, 0.2) is 145 Å². The lowest BCUT2D eigenvalue weighted by Crippen LogP contribution is -2.18. The summed E-state index contributed by atoms with van der Waals surface area (Å²) in [5, 5.41) is 3.55. The molecule has 0 bridgehead atoms. The van der Waals surface area contributed by atoms with E-state index < -0.39 is 0 Å². The van der Waals surface area contributed by atoms with Gasteiger partial charge >= 0.3 is 0 Å². The highest BCUT2D eigenvalue weighted by Crippen LogP contribution is 2.50. The SMILES string of the molecule is C1=NCC2=C1N(c1ccc3cc(-c4ccccn4)ccc3c1)c1ccncc1-c1c2n(-c2ccccc2)c2ccccc12. The number of pyridine rings is 2. The van der Waals surface area contributed by atoms with E-state index >= 15 is 0 Å². The maximum absolute atomic E-state index is 4.85. The maximum Gasteiger partial charge on any atom is 0.0712 e. The van der Waals surface area contributed by atoms with E-state index in [1.807, 2.05) is 43.0 Å². The monoisotopic (exact) mass is 551 g/mol. The summed E-state index contributed by atoms with van der Waals surface area (Å²) in [4.78, 5) is 16.4. The highest BCUT2D eigenvalue weighted by atomic mass is 15.2. The first-order chi connectivity index (χ1) is 21.3. The van der Waals surface area contributed by atoms with E-state index in [2.05, 4.69) is 116 Å². The van der Waals surface area contributed by atoms with Crippen LogP contribution in [0.5, 0.6) is 0 Å². The molecule has 7 aromatic rings. The molecule has 0 N–H and O–H groups in total. The van der Waals surface area contributed by atoms with Crippen LogP contribution in [0.25, 0.3) is 55.3 Å². The number of hydrogen-bond acceptors (Lipinski definition) is 4. The van der Waals surface area contributed by atoms with Crippen molar-refractivity contribution in [2.24, 2.45) is 4.99 Å². The zero-order valence-electron chi connectivity index (χ0n) is 23.2. The van der Waals surface area contributed by atoms with Crippen molar-refractivity contribution in [3.63, 3.8) is 0 Å². The summed E-state index contributed by atoms with van der Waals surface area (Å²) >= 11 is 0. The number of rotatable bonds is 3. The van der Waals surface area contributed by atoms with Crippen LogP contribution >= 0.6 is 0 Å². The molecule has 0 atom stereocenters. The van der Waals surface area contributed by atoms with Crippen molar-refractivity contribution in [1.82, 2.24) is 14.5 Å². The fourth-order valence-corrected chi connectivity index (χ4v) is 6.66. The fourth-order valence-electron chi connectivity index (χ4n) is 6.66. The second kappa shape index (κ2) is 9.36. The molecule has 5 heteroatoms. The normalized spacial score (nSPS) is 13.7. The first-order valence-electron chi connectivity index (χ1n) is 14.5. The molecule has 0 amide bonds. The summed E-state index contributed by atoms with van der Waals surface area (Å²) in [6.45, 7) is 0.615. The third-order valence-electron chi connectivity index (χ3n) is 8.54. The third kappa shape index (κ3) is 3.61. The lowest BCUT2D eigenvalue weighted by molar-refractivity contribution is 1.08. The molecule has 5 heterocycles. The first kappa shape index (κ1) is 23.9. The van der Waals surface area contributed by atoms with E-state index in [0.717, 1.165) is 39.6 Å². The molecule has 0 radical (unpaired) electrons. The number of aliphatic imine (C=N–C) groups is 1. The molecule has 5 nitrogen and oxygen atoms in total. The highest BCUT2D eigenvalue weighted by Gasteiger charge is 2.34. The first-order valence-corrected chi connectivity index (χ1v) is 14.5. The van der Waals surface area contributed by atoms with Crippen LogP contribution in [-0.2, 0) is 0 Å². The van der Waals surface area contributed by atoms with Gasteiger partial charge in [0.05, 0.1) is 34.8 Å². The Hall–Kier alpha value is -5.81. The van der Waals surface area contributed by atoms with Crippen LogP contribution in [0.3, 0.4) is 0 Å². The van der Waals surface area contributed by atoms with E-state index in [-0.39, 0.29) is 0 Å². The molecule has 2 aliphatic heterocycles. The number of fused-ring (bicyclic) bond motifs is 7. The Balaban J connectivity index is 1.30. The van der Waals surface area contributed by atoms with Gasteiger partial charge in [-0.3, -0.25) is 15.0 Å². The van der Waals surface area contributed by atoms with Crippen molar-refractivity contribution < 1.29 is 0 Å². The maximum atomic E-state index is 4.85. The minimum atomic E-state index is 0.615. The molecule has 0 spiro atoms. The molecule has 3 aromatic heterocycles. The summed E-state index contributed by atoms with van der Waals surface area (Å²) in [6.07, 6.45) is 7.78. The van der Waals surface area contributed by atoms with Gasteiger partial charge in [-0.15, -0.1) is 0 Å². The van der Waals surface area contributed by atoms with Crippen molar-refractivity contribution in [1.29, 1.82) is 0 Å². The fraction of sp³-hybridized carbons (Fsp3) is 0.0263. The molecular formula is C38H25N5. The molecule has 9 rings (SSSR count). The number of benzene rings is 4. The van der Waals surface area contributed by atoms with E-state index in [1.165, 1.54) is 38.5 Å². The highest BCUT2D eigenvalue weighted by molar-refractivity contribution is 6.14. The number of anilines is 2. The molecule has 0 saturated carbocycles. The molecule has 0 saturated heterocycles. The van der Waals surface area contributed by atoms with Crippen molar-refractivity contribution >= 4 is 44.8 Å². The average Bonchev–Trinajstić information content (AvgIpc) is 3.66. The smallest absolute Gasteiger partial charge is 0.0712 e. The van der Waals surface area contributed by atoms with Crippen molar-refractivity contribution in [2.75, 3.05) is 11.4 Å². The Bertz CT molecular complexity index is 2260. The Kier molecular flexibility index (Phi) is 5.19. The number of hydrogen-bond donors (Lipinski definition) is 0. The third-order valence-corrected chi connectivity index (χ3v) is 8.54.